The van der Waals surface area contributed by atoms with Crippen molar-refractivity contribution in [1.29, 1.82) is 0 Å². The van der Waals surface area contributed by atoms with E-state index in [1.807, 2.05) is 0 Å². The van der Waals surface area contributed by atoms with Crippen molar-refractivity contribution in [3.63, 3.8) is 0 Å². The molecule has 0 spiro atoms. The molecular weight excluding hydrogens is 474 g/mol. The number of likely N-dealkylation sites (tertiary alicyclic amines) is 1. The van der Waals surface area contributed by atoms with Crippen LogP contribution in [0.4, 0.5) is 10.5 Å². The number of phenols is 1. The fraction of sp³-hybridized carbons (Fsp3) is 0.417. The minimum atomic E-state index is -4.24. The van der Waals surface area contributed by atoms with Crippen LogP contribution < -0.4 is 4.31 Å². The number of piperidine rings is 1. The first-order valence-electron chi connectivity index (χ1n) is 11.5. The molecule has 2 heterocycles. The molecular formula is C24H29N3O7S. The highest BCUT2D eigenvalue weighted by Gasteiger charge is 2.43. The molecule has 1 unspecified atom stereocenters. The molecule has 0 aliphatic carbocycles. The lowest BCUT2D eigenvalue weighted by Gasteiger charge is -2.41. The predicted molar refractivity (Wildman–Crippen MR) is 128 cm³/mol. The lowest BCUT2D eigenvalue weighted by Crippen LogP contribution is -2.55. The number of aromatic hydroxyl groups is 1. The molecule has 2 aliphatic rings. The Kier molecular flexibility index (Phi) is 7.46. The van der Waals surface area contributed by atoms with Gasteiger partial charge in [0.2, 0.25) is 0 Å². The van der Waals surface area contributed by atoms with E-state index in [9.17, 15) is 28.2 Å². The lowest BCUT2D eigenvalue weighted by molar-refractivity contribution is -0.140. The number of urea groups is 1. The van der Waals surface area contributed by atoms with E-state index in [0.29, 0.717) is 52.2 Å². The van der Waals surface area contributed by atoms with Gasteiger partial charge in [0.1, 0.15) is 11.8 Å². The van der Waals surface area contributed by atoms with Gasteiger partial charge in [-0.1, -0.05) is 18.2 Å². The minimum Gasteiger partial charge on any atom is -0.508 e. The Labute approximate surface area is 204 Å². The van der Waals surface area contributed by atoms with E-state index in [4.69, 9.17) is 4.74 Å². The molecule has 2 aliphatic heterocycles. The standard InChI is InChI=1S/C24H29N3O7S/c28-20-8-6-19(7-9-20)27(35(32,33)21-4-2-1-3-5-21)22(23(29)30)18-10-12-25(13-11-18)24(31)26-14-16-34-17-15-26/h1-9,18,22,28H,10-17H2,(H,29,30). The number of hydrogen-bond donors (Lipinski definition) is 2. The normalized spacial score (nSPS) is 18.2. The summed E-state index contributed by atoms with van der Waals surface area (Å²) in [6.07, 6.45) is 0.678. The van der Waals surface area contributed by atoms with E-state index in [2.05, 4.69) is 0 Å². The van der Waals surface area contributed by atoms with Gasteiger partial charge in [-0.15, -0.1) is 0 Å². The van der Waals surface area contributed by atoms with E-state index < -0.39 is 28.0 Å². The van der Waals surface area contributed by atoms with Gasteiger partial charge >= 0.3 is 12.0 Å². The van der Waals surface area contributed by atoms with Crippen LogP contribution in [0.2, 0.25) is 0 Å². The molecule has 2 N–H and O–H groups in total. The number of carboxylic acids is 1. The number of phenolic OH excluding ortho intramolecular Hbond substituents is 1. The molecule has 2 amide bonds. The zero-order valence-electron chi connectivity index (χ0n) is 19.2. The third-order valence-electron chi connectivity index (χ3n) is 6.45. The van der Waals surface area contributed by atoms with Gasteiger partial charge in [-0.25, -0.2) is 18.0 Å². The van der Waals surface area contributed by atoms with Gasteiger partial charge < -0.3 is 24.7 Å². The summed E-state index contributed by atoms with van der Waals surface area (Å²) in [5.74, 6) is -1.85. The molecule has 10 nitrogen and oxygen atoms in total. The van der Waals surface area contributed by atoms with Crippen LogP contribution in [-0.2, 0) is 19.6 Å². The number of nitrogens with zero attached hydrogens (tertiary/aromatic N) is 3. The first-order chi connectivity index (χ1) is 16.8. The number of rotatable bonds is 6. The Morgan fingerprint density at radius 2 is 1.49 bits per heavy atom. The van der Waals surface area contributed by atoms with Crippen LogP contribution in [0.3, 0.4) is 0 Å². The number of carbonyl (C=O) groups excluding carboxylic acids is 1. The Bertz CT molecular complexity index is 1130. The average molecular weight is 504 g/mol. The highest BCUT2D eigenvalue weighted by atomic mass is 32.2. The zero-order valence-corrected chi connectivity index (χ0v) is 20.0. The number of hydrogen-bond acceptors (Lipinski definition) is 6. The molecule has 2 aromatic rings. The monoisotopic (exact) mass is 503 g/mol. The van der Waals surface area contributed by atoms with Crippen LogP contribution in [0.25, 0.3) is 0 Å². The highest BCUT2D eigenvalue weighted by Crippen LogP contribution is 2.34. The van der Waals surface area contributed by atoms with E-state index in [-0.39, 0.29) is 22.4 Å². The maximum atomic E-state index is 13.7. The van der Waals surface area contributed by atoms with Crippen LogP contribution in [0.1, 0.15) is 12.8 Å². The van der Waals surface area contributed by atoms with Crippen LogP contribution in [0, 0.1) is 5.92 Å². The number of carboxylic acid groups (broad SMARTS) is 1. The first-order valence-corrected chi connectivity index (χ1v) is 13.0. The molecule has 35 heavy (non-hydrogen) atoms. The van der Waals surface area contributed by atoms with E-state index >= 15 is 0 Å². The number of amides is 2. The van der Waals surface area contributed by atoms with Gasteiger partial charge in [0.05, 0.1) is 23.8 Å². The Morgan fingerprint density at radius 3 is 2.06 bits per heavy atom. The molecule has 2 aromatic carbocycles. The summed E-state index contributed by atoms with van der Waals surface area (Å²) in [5.41, 5.74) is 0.144. The molecule has 1 atom stereocenters. The van der Waals surface area contributed by atoms with Crippen molar-refractivity contribution in [2.75, 3.05) is 43.7 Å². The smallest absolute Gasteiger partial charge is 0.327 e. The predicted octanol–water partition coefficient (Wildman–Crippen LogP) is 2.20. The van der Waals surface area contributed by atoms with Crippen LogP contribution in [0.5, 0.6) is 5.75 Å². The van der Waals surface area contributed by atoms with Crippen molar-refractivity contribution >= 4 is 27.7 Å². The fourth-order valence-electron chi connectivity index (χ4n) is 4.61. The van der Waals surface area contributed by atoms with Gasteiger partial charge in [-0.2, -0.15) is 0 Å². The number of benzene rings is 2. The number of ether oxygens (including phenoxy) is 1. The van der Waals surface area contributed by atoms with Crippen molar-refractivity contribution in [3.05, 3.63) is 54.6 Å². The number of morpholine rings is 1. The summed E-state index contributed by atoms with van der Waals surface area (Å²) in [5, 5.41) is 20.0. The highest BCUT2D eigenvalue weighted by molar-refractivity contribution is 7.93. The number of anilines is 1. The molecule has 0 radical (unpaired) electrons. The van der Waals surface area contributed by atoms with Crippen molar-refractivity contribution in [1.82, 2.24) is 9.80 Å². The van der Waals surface area contributed by atoms with Crippen LogP contribution in [-0.4, -0.2) is 85.9 Å². The summed E-state index contributed by atoms with van der Waals surface area (Å²) in [6, 6.07) is 11.6. The number of aliphatic carboxylic acids is 1. The van der Waals surface area contributed by atoms with Gasteiger partial charge in [-0.3, -0.25) is 4.31 Å². The Hall–Kier alpha value is -3.31. The van der Waals surface area contributed by atoms with Gasteiger partial charge in [0, 0.05) is 26.2 Å². The average Bonchev–Trinajstić information content (AvgIpc) is 2.88. The Morgan fingerprint density at radius 1 is 0.914 bits per heavy atom. The maximum Gasteiger partial charge on any atom is 0.327 e. The van der Waals surface area contributed by atoms with Crippen molar-refractivity contribution in [2.24, 2.45) is 5.92 Å². The van der Waals surface area contributed by atoms with Crippen molar-refractivity contribution in [2.45, 2.75) is 23.8 Å². The third-order valence-corrected chi connectivity index (χ3v) is 8.27. The zero-order chi connectivity index (χ0) is 25.0. The first kappa shape index (κ1) is 24.8. The maximum absolute atomic E-state index is 13.7. The van der Waals surface area contributed by atoms with Gasteiger partial charge in [-0.05, 0) is 55.2 Å². The topological polar surface area (TPSA) is 128 Å². The minimum absolute atomic E-state index is 0.0285. The molecule has 2 saturated heterocycles. The lowest BCUT2D eigenvalue weighted by atomic mass is 9.89. The molecule has 0 aromatic heterocycles. The second kappa shape index (κ2) is 10.5. The summed E-state index contributed by atoms with van der Waals surface area (Å²) in [6.45, 7) is 2.67. The van der Waals surface area contributed by atoms with Crippen LogP contribution in [0.15, 0.2) is 59.5 Å². The molecule has 11 heteroatoms. The molecule has 0 saturated carbocycles. The summed E-state index contributed by atoms with van der Waals surface area (Å²) < 4.78 is 33.6. The quantitative estimate of drug-likeness (QED) is 0.619. The third kappa shape index (κ3) is 5.35. The SMILES string of the molecule is O=C(O)C(C1CCN(C(=O)N2CCOCC2)CC1)N(c1ccc(O)cc1)S(=O)(=O)c1ccccc1. The molecule has 188 valence electrons. The summed E-state index contributed by atoms with van der Waals surface area (Å²) in [4.78, 5) is 28.8. The van der Waals surface area contributed by atoms with Crippen molar-refractivity contribution < 1.29 is 33.0 Å². The van der Waals surface area contributed by atoms with Gasteiger partial charge in [0.15, 0.2) is 0 Å². The molecule has 0 bridgehead atoms. The van der Waals surface area contributed by atoms with Gasteiger partial charge in [0.25, 0.3) is 10.0 Å². The second-order valence-electron chi connectivity index (χ2n) is 8.62. The molecule has 2 fully saturated rings. The number of carbonyl (C=O) groups is 2. The summed E-state index contributed by atoms with van der Waals surface area (Å²) >= 11 is 0. The van der Waals surface area contributed by atoms with Crippen LogP contribution >= 0.6 is 0 Å². The van der Waals surface area contributed by atoms with E-state index in [1.165, 1.54) is 36.4 Å². The second-order valence-corrected chi connectivity index (χ2v) is 10.4. The summed E-state index contributed by atoms with van der Waals surface area (Å²) in [7, 11) is -4.24. The van der Waals surface area contributed by atoms with E-state index in [1.54, 1.807) is 28.0 Å². The van der Waals surface area contributed by atoms with Crippen molar-refractivity contribution in [3.8, 4) is 5.75 Å². The largest absolute Gasteiger partial charge is 0.508 e. The number of sulfonamides is 1. The fourth-order valence-corrected chi connectivity index (χ4v) is 6.30. The van der Waals surface area contributed by atoms with E-state index in [0.717, 1.165) is 4.31 Å². The molecule has 4 rings (SSSR count). The Balaban J connectivity index is 1.62.